The Hall–Kier alpha value is -0.170. The van der Waals surface area contributed by atoms with Crippen LogP contribution in [0.1, 0.15) is 51.9 Å². The molecule has 0 aliphatic heterocycles. The van der Waals surface area contributed by atoms with Gasteiger partial charge in [-0.3, -0.25) is 0 Å². The third kappa shape index (κ3) is 3.97. The molecular formula is C15H30N2O3S. The van der Waals surface area contributed by atoms with E-state index in [0.717, 1.165) is 19.6 Å². The average molecular weight is 318 g/mol. The van der Waals surface area contributed by atoms with E-state index < -0.39 is 10.0 Å². The Morgan fingerprint density at radius 2 is 1.95 bits per heavy atom. The molecule has 2 aliphatic rings. The number of primary sulfonamides is 1. The van der Waals surface area contributed by atoms with E-state index in [1.54, 1.807) is 0 Å². The number of hydrogen-bond donors (Lipinski definition) is 1. The first kappa shape index (κ1) is 17.2. The Bertz CT molecular complexity index is 432. The summed E-state index contributed by atoms with van der Waals surface area (Å²) in [4.78, 5) is 2.34. The molecule has 0 amide bonds. The highest BCUT2D eigenvalue weighted by molar-refractivity contribution is 7.89. The lowest BCUT2D eigenvalue weighted by molar-refractivity contribution is -0.178. The summed E-state index contributed by atoms with van der Waals surface area (Å²) in [6, 6.07) is 0.537. The van der Waals surface area contributed by atoms with Crippen molar-refractivity contribution in [3.05, 3.63) is 0 Å². The SMILES string of the molecule is CCOC1CC(N(C)CCCS(N)(=O)=O)C12CCCCC2. The zero-order valence-electron chi connectivity index (χ0n) is 13.4. The monoisotopic (exact) mass is 318 g/mol. The van der Waals surface area contributed by atoms with Gasteiger partial charge in [-0.2, -0.15) is 0 Å². The highest BCUT2D eigenvalue weighted by Crippen LogP contribution is 2.55. The van der Waals surface area contributed by atoms with E-state index in [2.05, 4.69) is 18.9 Å². The molecule has 0 aromatic carbocycles. The second kappa shape index (κ2) is 6.94. The van der Waals surface area contributed by atoms with E-state index in [1.807, 2.05) is 0 Å². The van der Waals surface area contributed by atoms with Gasteiger partial charge in [-0.1, -0.05) is 19.3 Å². The van der Waals surface area contributed by atoms with Gasteiger partial charge in [0.15, 0.2) is 0 Å². The molecule has 2 aliphatic carbocycles. The fraction of sp³-hybridized carbons (Fsp3) is 1.00. The number of nitrogens with zero attached hydrogens (tertiary/aromatic N) is 1. The van der Waals surface area contributed by atoms with Crippen molar-refractivity contribution in [2.75, 3.05) is 26.0 Å². The predicted molar refractivity (Wildman–Crippen MR) is 84.6 cm³/mol. The minimum absolute atomic E-state index is 0.0753. The molecule has 5 nitrogen and oxygen atoms in total. The third-order valence-corrected chi connectivity index (χ3v) is 6.22. The Kier molecular flexibility index (Phi) is 5.68. The molecular weight excluding hydrogens is 288 g/mol. The molecule has 0 aromatic rings. The normalized spacial score (nSPS) is 28.8. The summed E-state index contributed by atoms with van der Waals surface area (Å²) in [6.45, 7) is 3.65. The molecule has 0 heterocycles. The fourth-order valence-electron chi connectivity index (χ4n) is 4.32. The second-order valence-electron chi connectivity index (χ2n) is 6.69. The van der Waals surface area contributed by atoms with Crippen molar-refractivity contribution >= 4 is 10.0 Å². The van der Waals surface area contributed by atoms with Gasteiger partial charge in [-0.05, 0) is 46.2 Å². The van der Waals surface area contributed by atoms with Crippen LogP contribution in [0.5, 0.6) is 0 Å². The molecule has 2 unspecified atom stereocenters. The Labute approximate surface area is 129 Å². The maximum absolute atomic E-state index is 11.0. The van der Waals surface area contributed by atoms with Gasteiger partial charge < -0.3 is 9.64 Å². The van der Waals surface area contributed by atoms with Crippen molar-refractivity contribution in [3.8, 4) is 0 Å². The summed E-state index contributed by atoms with van der Waals surface area (Å²) in [6.07, 6.45) is 8.53. The van der Waals surface area contributed by atoms with Crippen LogP contribution < -0.4 is 5.14 Å². The zero-order chi connectivity index (χ0) is 15.5. The van der Waals surface area contributed by atoms with Crippen LogP contribution in [-0.2, 0) is 14.8 Å². The molecule has 1 spiro atoms. The summed E-state index contributed by atoms with van der Waals surface area (Å²) in [5.41, 5.74) is 0.310. The maximum Gasteiger partial charge on any atom is 0.209 e. The molecule has 2 N–H and O–H groups in total. The Balaban J connectivity index is 1.92. The smallest absolute Gasteiger partial charge is 0.209 e. The van der Waals surface area contributed by atoms with Crippen LogP contribution in [0, 0.1) is 5.41 Å². The van der Waals surface area contributed by atoms with Gasteiger partial charge in [0.2, 0.25) is 10.0 Å². The van der Waals surface area contributed by atoms with Gasteiger partial charge >= 0.3 is 0 Å². The van der Waals surface area contributed by atoms with Crippen LogP contribution in [-0.4, -0.2) is 51.4 Å². The number of ether oxygens (including phenoxy) is 1. The van der Waals surface area contributed by atoms with Gasteiger partial charge in [-0.15, -0.1) is 0 Å². The summed E-state index contributed by atoms with van der Waals surface area (Å²) in [5, 5.41) is 5.08. The number of hydrogen-bond acceptors (Lipinski definition) is 4. The van der Waals surface area contributed by atoms with Crippen LogP contribution >= 0.6 is 0 Å². The van der Waals surface area contributed by atoms with Crippen LogP contribution in [0.25, 0.3) is 0 Å². The van der Waals surface area contributed by atoms with Crippen molar-refractivity contribution in [2.24, 2.45) is 10.6 Å². The topological polar surface area (TPSA) is 72.6 Å². The molecule has 2 fully saturated rings. The number of rotatable bonds is 7. The average Bonchev–Trinajstić information content (AvgIpc) is 2.42. The quantitative estimate of drug-likeness (QED) is 0.776. The second-order valence-corrected chi connectivity index (χ2v) is 8.42. The van der Waals surface area contributed by atoms with Crippen LogP contribution in [0.4, 0.5) is 0 Å². The summed E-state index contributed by atoms with van der Waals surface area (Å²) < 4.78 is 28.0. The standard InChI is InChI=1S/C15H30N2O3S/c1-3-20-14-12-13(15(14)8-5-4-6-9-15)17(2)10-7-11-21(16,18)19/h13-14H,3-12H2,1-2H3,(H2,16,18,19). The van der Waals surface area contributed by atoms with E-state index in [4.69, 9.17) is 9.88 Å². The lowest BCUT2D eigenvalue weighted by Crippen LogP contribution is -2.64. The molecule has 21 heavy (non-hydrogen) atoms. The van der Waals surface area contributed by atoms with E-state index in [0.29, 0.717) is 24.0 Å². The van der Waals surface area contributed by atoms with Crippen LogP contribution in [0.3, 0.4) is 0 Å². The molecule has 0 saturated heterocycles. The van der Waals surface area contributed by atoms with E-state index >= 15 is 0 Å². The molecule has 2 saturated carbocycles. The Morgan fingerprint density at radius 1 is 1.29 bits per heavy atom. The molecule has 0 aromatic heterocycles. The fourth-order valence-corrected chi connectivity index (χ4v) is 4.85. The minimum atomic E-state index is -3.34. The van der Waals surface area contributed by atoms with E-state index in [-0.39, 0.29) is 5.75 Å². The van der Waals surface area contributed by atoms with Gasteiger partial charge in [0, 0.05) is 18.1 Å². The molecule has 2 atom stereocenters. The molecule has 2 rings (SSSR count). The van der Waals surface area contributed by atoms with Crippen molar-refractivity contribution < 1.29 is 13.2 Å². The van der Waals surface area contributed by atoms with E-state index in [9.17, 15) is 8.42 Å². The first-order chi connectivity index (χ1) is 9.89. The van der Waals surface area contributed by atoms with Crippen molar-refractivity contribution in [3.63, 3.8) is 0 Å². The highest BCUT2D eigenvalue weighted by Gasteiger charge is 2.56. The third-order valence-electron chi connectivity index (χ3n) is 5.37. The van der Waals surface area contributed by atoms with Gasteiger partial charge in [0.05, 0.1) is 11.9 Å². The van der Waals surface area contributed by atoms with E-state index in [1.165, 1.54) is 32.1 Å². The number of sulfonamides is 1. The maximum atomic E-state index is 11.0. The molecule has 6 heteroatoms. The number of nitrogens with two attached hydrogens (primary N) is 1. The van der Waals surface area contributed by atoms with Crippen LogP contribution in [0.2, 0.25) is 0 Å². The first-order valence-corrected chi connectivity index (χ1v) is 9.93. The first-order valence-electron chi connectivity index (χ1n) is 8.21. The predicted octanol–water partition coefficient (Wildman–Crippen LogP) is 1.72. The Morgan fingerprint density at radius 3 is 2.52 bits per heavy atom. The zero-order valence-corrected chi connectivity index (χ0v) is 14.2. The molecule has 0 bridgehead atoms. The summed E-state index contributed by atoms with van der Waals surface area (Å²) in [7, 11) is -1.22. The van der Waals surface area contributed by atoms with Crippen LogP contribution in [0.15, 0.2) is 0 Å². The summed E-state index contributed by atoms with van der Waals surface area (Å²) in [5.74, 6) is 0.0753. The minimum Gasteiger partial charge on any atom is -0.378 e. The summed E-state index contributed by atoms with van der Waals surface area (Å²) >= 11 is 0. The van der Waals surface area contributed by atoms with Crippen molar-refractivity contribution in [1.82, 2.24) is 4.90 Å². The van der Waals surface area contributed by atoms with Gasteiger partial charge in [0.1, 0.15) is 0 Å². The highest BCUT2D eigenvalue weighted by atomic mass is 32.2. The lowest BCUT2D eigenvalue weighted by atomic mass is 9.54. The molecule has 124 valence electrons. The van der Waals surface area contributed by atoms with Gasteiger partial charge in [-0.25, -0.2) is 13.6 Å². The largest absolute Gasteiger partial charge is 0.378 e. The lowest BCUT2D eigenvalue weighted by Gasteiger charge is -2.60. The molecule has 0 radical (unpaired) electrons. The van der Waals surface area contributed by atoms with Crippen molar-refractivity contribution in [1.29, 1.82) is 0 Å². The van der Waals surface area contributed by atoms with Crippen molar-refractivity contribution in [2.45, 2.75) is 64.0 Å². The van der Waals surface area contributed by atoms with Gasteiger partial charge in [0.25, 0.3) is 0 Å².